The molecule has 39 heavy (non-hydrogen) atoms. The molecule has 2 rings (SSSR count). The molecule has 0 radical (unpaired) electrons. The number of rotatable bonds is 3. The predicted molar refractivity (Wildman–Crippen MR) is 142 cm³/mol. The largest absolute Gasteiger partial charge is 0.505 e. The van der Waals surface area contributed by atoms with Crippen molar-refractivity contribution >= 4 is 23.6 Å². The summed E-state index contributed by atoms with van der Waals surface area (Å²) in [5.41, 5.74) is 5.79. The van der Waals surface area contributed by atoms with Gasteiger partial charge in [0.1, 0.15) is 11.9 Å². The van der Waals surface area contributed by atoms with E-state index in [0.717, 1.165) is 6.08 Å². The molecule has 0 spiro atoms. The average molecular weight is 547 g/mol. The summed E-state index contributed by atoms with van der Waals surface area (Å²) in [7, 11) is 2.86. The summed E-state index contributed by atoms with van der Waals surface area (Å²) in [5.74, 6) is -3.58. The first-order valence-corrected chi connectivity index (χ1v) is 12.6. The first-order valence-electron chi connectivity index (χ1n) is 12.6. The summed E-state index contributed by atoms with van der Waals surface area (Å²) in [6.07, 6.45) is 3.07. The lowest BCUT2D eigenvalue weighted by molar-refractivity contribution is -0.132. The summed E-state index contributed by atoms with van der Waals surface area (Å²) in [6.45, 7) is 6.79. The van der Waals surface area contributed by atoms with Gasteiger partial charge in [-0.2, -0.15) is 0 Å². The molecule has 0 aromatic rings. The number of carbonyl (C=O) groups is 4. The molecule has 214 valence electrons. The van der Waals surface area contributed by atoms with Crippen molar-refractivity contribution < 1.29 is 43.6 Å². The molecular weight excluding hydrogens is 508 g/mol. The second kappa shape index (κ2) is 14.0. The van der Waals surface area contributed by atoms with Gasteiger partial charge in [0.25, 0.3) is 5.91 Å². The monoisotopic (exact) mass is 546 g/mol. The fourth-order valence-corrected chi connectivity index (χ4v) is 4.57. The standard InChI is InChI=1S/C28H38N2O9/c1-14-10-18-24(33)19(13-20(31)25(18)34)30-27(35)15(2)8-7-9-21(37-5)26(39-28(29)36)17(4)12-16(3)23(32)22(11-14)38-6/h7-9,12-14,16,21-23,26,32-33H,10-11H2,1-6H3,(H2,29,36)(H,30,35)/b9-7-,15-8+,17-12+/t14-,16+,21+,22+,23-,26+/m1/s1. The number of aliphatic hydroxyl groups excluding tert-OH is 2. The maximum atomic E-state index is 12.8. The number of Topliss-reactive ketones (excluding diaryl/α,β-unsaturated/α-hetero) is 1. The van der Waals surface area contributed by atoms with Crippen molar-refractivity contribution in [2.24, 2.45) is 17.6 Å². The third kappa shape index (κ3) is 8.22. The zero-order valence-electron chi connectivity index (χ0n) is 23.1. The van der Waals surface area contributed by atoms with Gasteiger partial charge in [0, 0.05) is 37.4 Å². The lowest BCUT2D eigenvalue weighted by Gasteiger charge is -2.29. The topological polar surface area (TPSA) is 174 Å². The third-order valence-corrected chi connectivity index (χ3v) is 6.77. The molecule has 11 heteroatoms. The second-order valence-corrected chi connectivity index (χ2v) is 9.90. The molecule has 0 saturated carbocycles. The number of aliphatic hydroxyl groups is 2. The minimum Gasteiger partial charge on any atom is -0.505 e. The van der Waals surface area contributed by atoms with Gasteiger partial charge in [-0.3, -0.25) is 14.4 Å². The second-order valence-electron chi connectivity index (χ2n) is 9.90. The molecule has 1 aliphatic heterocycles. The fourth-order valence-electron chi connectivity index (χ4n) is 4.57. The van der Waals surface area contributed by atoms with Crippen molar-refractivity contribution in [3.63, 3.8) is 0 Å². The molecule has 0 aromatic carbocycles. The summed E-state index contributed by atoms with van der Waals surface area (Å²) >= 11 is 0. The van der Waals surface area contributed by atoms with Crippen LogP contribution >= 0.6 is 0 Å². The van der Waals surface area contributed by atoms with Crippen LogP contribution in [0, 0.1) is 11.8 Å². The van der Waals surface area contributed by atoms with E-state index in [1.54, 1.807) is 32.9 Å². The zero-order valence-corrected chi connectivity index (χ0v) is 23.1. The highest BCUT2D eigenvalue weighted by molar-refractivity contribution is 6.48. The Labute approximate surface area is 228 Å². The molecule has 0 saturated heterocycles. The van der Waals surface area contributed by atoms with E-state index in [1.165, 1.54) is 33.3 Å². The Bertz CT molecular complexity index is 1130. The number of hydrogen-bond donors (Lipinski definition) is 4. The van der Waals surface area contributed by atoms with E-state index in [1.807, 2.05) is 0 Å². The zero-order chi connectivity index (χ0) is 29.4. The first-order chi connectivity index (χ1) is 18.3. The number of fused-ring (bicyclic) bond motifs is 1. The van der Waals surface area contributed by atoms with Gasteiger partial charge >= 0.3 is 6.09 Å². The highest BCUT2D eigenvalue weighted by Gasteiger charge is 2.33. The highest BCUT2D eigenvalue weighted by atomic mass is 16.6. The summed E-state index contributed by atoms with van der Waals surface area (Å²) in [5, 5.41) is 24.3. The van der Waals surface area contributed by atoms with Crippen molar-refractivity contribution in [1.29, 1.82) is 0 Å². The van der Waals surface area contributed by atoms with Crippen molar-refractivity contribution in [3.8, 4) is 0 Å². The molecule has 1 aliphatic carbocycles. The van der Waals surface area contributed by atoms with Crippen molar-refractivity contribution in [3.05, 3.63) is 58.6 Å². The molecule has 2 aliphatic rings. The van der Waals surface area contributed by atoms with Crippen LogP contribution in [0.2, 0.25) is 0 Å². The van der Waals surface area contributed by atoms with E-state index < -0.39 is 59.7 Å². The molecule has 2 amide bonds. The van der Waals surface area contributed by atoms with Crippen LogP contribution in [0.5, 0.6) is 0 Å². The summed E-state index contributed by atoms with van der Waals surface area (Å²) in [4.78, 5) is 49.4. The lowest BCUT2D eigenvalue weighted by Crippen LogP contribution is -2.37. The number of ketones is 2. The summed E-state index contributed by atoms with van der Waals surface area (Å²) < 4.78 is 16.4. The van der Waals surface area contributed by atoms with Crippen LogP contribution < -0.4 is 11.1 Å². The number of amides is 2. The minimum atomic E-state index is -1.01. The molecule has 1 heterocycles. The average Bonchev–Trinajstić information content (AvgIpc) is 2.88. The van der Waals surface area contributed by atoms with Crippen molar-refractivity contribution in [1.82, 2.24) is 5.32 Å². The number of ether oxygens (including phenoxy) is 3. The van der Waals surface area contributed by atoms with E-state index in [4.69, 9.17) is 19.9 Å². The number of primary amides is 1. The number of nitrogens with one attached hydrogen (secondary N) is 1. The number of carbonyl (C=O) groups excluding carboxylic acids is 4. The lowest BCUT2D eigenvalue weighted by atomic mass is 9.85. The van der Waals surface area contributed by atoms with Crippen LogP contribution in [0.25, 0.3) is 0 Å². The SMILES string of the molecule is CO[C@H]1/C=C\C=C(/C)C(=O)NC2=CC(=O)C(=O)C(=C2O)C[C@@H](C)C[C@H](OC)[C@H](O)[C@@H](C)/C=C(\C)[C@@H]1OC(N)=O. The smallest absolute Gasteiger partial charge is 0.405 e. The van der Waals surface area contributed by atoms with E-state index in [2.05, 4.69) is 5.32 Å². The number of nitrogens with two attached hydrogens (primary N) is 1. The van der Waals surface area contributed by atoms with Crippen LogP contribution in [-0.4, -0.2) is 72.4 Å². The Morgan fingerprint density at radius 3 is 2.38 bits per heavy atom. The number of methoxy groups -OCH3 is 2. The van der Waals surface area contributed by atoms with Gasteiger partial charge in [-0.25, -0.2) is 4.79 Å². The van der Waals surface area contributed by atoms with Crippen LogP contribution in [0.3, 0.4) is 0 Å². The molecule has 0 fully saturated rings. The normalized spacial score (nSPS) is 33.3. The van der Waals surface area contributed by atoms with E-state index >= 15 is 0 Å². The van der Waals surface area contributed by atoms with Gasteiger partial charge in [0.05, 0.1) is 17.9 Å². The third-order valence-electron chi connectivity index (χ3n) is 6.77. The Hall–Kier alpha value is -3.54. The van der Waals surface area contributed by atoms with Gasteiger partial charge in [-0.1, -0.05) is 38.2 Å². The fraction of sp³-hybridized carbons (Fsp3) is 0.500. The quantitative estimate of drug-likeness (QED) is 0.235. The van der Waals surface area contributed by atoms with E-state index in [-0.39, 0.29) is 35.6 Å². The first kappa shape index (κ1) is 31.7. The molecule has 11 nitrogen and oxygen atoms in total. The highest BCUT2D eigenvalue weighted by Crippen LogP contribution is 2.29. The van der Waals surface area contributed by atoms with Gasteiger partial charge in [0.15, 0.2) is 6.10 Å². The van der Waals surface area contributed by atoms with E-state index in [9.17, 15) is 29.4 Å². The van der Waals surface area contributed by atoms with E-state index in [0.29, 0.717) is 5.57 Å². The van der Waals surface area contributed by atoms with Gasteiger partial charge in [0.2, 0.25) is 11.6 Å². The van der Waals surface area contributed by atoms with Crippen molar-refractivity contribution in [2.75, 3.05) is 14.2 Å². The molecule has 0 aromatic heterocycles. The Morgan fingerprint density at radius 1 is 1.13 bits per heavy atom. The van der Waals surface area contributed by atoms with Crippen LogP contribution in [0.15, 0.2) is 58.6 Å². The predicted octanol–water partition coefficient (Wildman–Crippen LogP) is 2.32. The van der Waals surface area contributed by atoms with Gasteiger partial charge < -0.3 is 35.5 Å². The van der Waals surface area contributed by atoms with Crippen LogP contribution in [0.1, 0.15) is 40.5 Å². The summed E-state index contributed by atoms with van der Waals surface area (Å²) in [6, 6.07) is 0. The van der Waals surface area contributed by atoms with Crippen LogP contribution in [0.4, 0.5) is 4.79 Å². The molecule has 2 bridgehead atoms. The Kier molecular flexibility index (Phi) is 11.4. The van der Waals surface area contributed by atoms with Crippen LogP contribution in [-0.2, 0) is 28.6 Å². The molecule has 5 N–H and O–H groups in total. The molecule has 0 unspecified atom stereocenters. The maximum absolute atomic E-state index is 12.8. The Morgan fingerprint density at radius 2 is 1.79 bits per heavy atom. The van der Waals surface area contributed by atoms with Crippen molar-refractivity contribution in [2.45, 2.75) is 65.0 Å². The number of allylic oxidation sites excluding steroid dienone is 4. The number of hydrogen-bond acceptors (Lipinski definition) is 9. The van der Waals surface area contributed by atoms with Gasteiger partial charge in [-0.05, 0) is 38.2 Å². The Balaban J connectivity index is 2.59. The maximum Gasteiger partial charge on any atom is 0.405 e. The molecule has 6 atom stereocenters. The minimum absolute atomic E-state index is 0.0149. The van der Waals surface area contributed by atoms with Gasteiger partial charge in [-0.15, -0.1) is 0 Å². The molecular formula is C28H38N2O9.